The van der Waals surface area contributed by atoms with Gasteiger partial charge in [0.1, 0.15) is 0 Å². The van der Waals surface area contributed by atoms with Gasteiger partial charge in [-0.1, -0.05) is 13.3 Å². The number of hydrogen-bond donors (Lipinski definition) is 1. The fraction of sp³-hybridized carbons (Fsp3) is 1.00. The first-order valence-electron chi connectivity index (χ1n) is 3.73. The number of alkyl halides is 3. The van der Waals surface area contributed by atoms with Crippen LogP contribution in [0.1, 0.15) is 19.8 Å². The SMILES string of the molecule is CCCC(CNC)C(F)(F)F. The summed E-state index contributed by atoms with van der Waals surface area (Å²) in [7, 11) is 1.54. The fourth-order valence-corrected chi connectivity index (χ4v) is 0.976. The molecule has 0 rings (SSSR count). The van der Waals surface area contributed by atoms with Gasteiger partial charge in [0.2, 0.25) is 0 Å². The minimum atomic E-state index is -4.04. The smallest absolute Gasteiger partial charge is 0.319 e. The van der Waals surface area contributed by atoms with Crippen LogP contribution in [-0.4, -0.2) is 19.8 Å². The van der Waals surface area contributed by atoms with E-state index in [2.05, 4.69) is 5.32 Å². The largest absolute Gasteiger partial charge is 0.393 e. The van der Waals surface area contributed by atoms with Gasteiger partial charge in [-0.05, 0) is 13.5 Å². The molecule has 0 fully saturated rings. The molecule has 0 bridgehead atoms. The maximum atomic E-state index is 12.1. The molecule has 0 saturated heterocycles. The molecule has 0 aromatic carbocycles. The highest BCUT2D eigenvalue weighted by molar-refractivity contribution is 4.68. The molecule has 11 heavy (non-hydrogen) atoms. The molecule has 0 radical (unpaired) electrons. The minimum Gasteiger partial charge on any atom is -0.319 e. The predicted molar refractivity (Wildman–Crippen MR) is 38.4 cm³/mol. The van der Waals surface area contributed by atoms with Gasteiger partial charge in [-0.25, -0.2) is 0 Å². The van der Waals surface area contributed by atoms with Gasteiger partial charge in [0, 0.05) is 6.54 Å². The van der Waals surface area contributed by atoms with Crippen molar-refractivity contribution < 1.29 is 13.2 Å². The molecule has 0 spiro atoms. The molecule has 0 aliphatic heterocycles. The van der Waals surface area contributed by atoms with Crippen molar-refractivity contribution in [1.82, 2.24) is 5.32 Å². The van der Waals surface area contributed by atoms with Gasteiger partial charge in [-0.2, -0.15) is 13.2 Å². The number of halogens is 3. The van der Waals surface area contributed by atoms with Crippen molar-refractivity contribution in [1.29, 1.82) is 0 Å². The zero-order valence-corrected chi connectivity index (χ0v) is 6.83. The van der Waals surface area contributed by atoms with Crippen molar-refractivity contribution in [2.75, 3.05) is 13.6 Å². The molecule has 0 amide bonds. The highest BCUT2D eigenvalue weighted by Gasteiger charge is 2.37. The van der Waals surface area contributed by atoms with E-state index in [4.69, 9.17) is 0 Å². The summed E-state index contributed by atoms with van der Waals surface area (Å²) in [5.41, 5.74) is 0. The van der Waals surface area contributed by atoms with Crippen LogP contribution in [-0.2, 0) is 0 Å². The van der Waals surface area contributed by atoms with Crippen LogP contribution in [0, 0.1) is 5.92 Å². The average Bonchev–Trinajstić information content (AvgIpc) is 1.85. The van der Waals surface area contributed by atoms with Gasteiger partial charge in [0.05, 0.1) is 5.92 Å². The Balaban J connectivity index is 3.88. The summed E-state index contributed by atoms with van der Waals surface area (Å²) < 4.78 is 36.2. The molecule has 1 N–H and O–H groups in total. The first-order chi connectivity index (χ1) is 5.02. The molecule has 0 aromatic rings. The van der Waals surface area contributed by atoms with Gasteiger partial charge in [-0.15, -0.1) is 0 Å². The minimum absolute atomic E-state index is 0.0251. The number of rotatable bonds is 4. The number of hydrogen-bond acceptors (Lipinski definition) is 1. The van der Waals surface area contributed by atoms with Crippen LogP contribution >= 0.6 is 0 Å². The second-order valence-corrected chi connectivity index (χ2v) is 2.58. The normalized spacial score (nSPS) is 15.0. The van der Waals surface area contributed by atoms with E-state index in [1.54, 1.807) is 6.92 Å². The molecule has 0 aromatic heterocycles. The van der Waals surface area contributed by atoms with E-state index in [0.717, 1.165) is 0 Å². The molecule has 0 saturated carbocycles. The lowest BCUT2D eigenvalue weighted by atomic mass is 10.0. The molecule has 68 valence electrons. The van der Waals surface area contributed by atoms with E-state index in [1.165, 1.54) is 7.05 Å². The Kier molecular flexibility index (Phi) is 4.49. The van der Waals surface area contributed by atoms with E-state index in [1.807, 2.05) is 0 Å². The van der Waals surface area contributed by atoms with E-state index >= 15 is 0 Å². The Morgan fingerprint density at radius 1 is 1.36 bits per heavy atom. The lowest BCUT2D eigenvalue weighted by Crippen LogP contribution is -2.31. The third-order valence-electron chi connectivity index (χ3n) is 1.55. The Labute approximate surface area is 65.0 Å². The first-order valence-corrected chi connectivity index (χ1v) is 3.73. The molecule has 4 heteroatoms. The van der Waals surface area contributed by atoms with Crippen molar-refractivity contribution in [3.63, 3.8) is 0 Å². The number of nitrogens with one attached hydrogen (secondary N) is 1. The van der Waals surface area contributed by atoms with Gasteiger partial charge in [-0.3, -0.25) is 0 Å². The monoisotopic (exact) mass is 169 g/mol. The highest BCUT2D eigenvalue weighted by atomic mass is 19.4. The summed E-state index contributed by atoms with van der Waals surface area (Å²) in [4.78, 5) is 0. The van der Waals surface area contributed by atoms with Gasteiger partial charge < -0.3 is 5.32 Å². The van der Waals surface area contributed by atoms with Crippen LogP contribution in [0.4, 0.5) is 13.2 Å². The van der Waals surface area contributed by atoms with Crippen molar-refractivity contribution in [2.24, 2.45) is 5.92 Å². The standard InChI is InChI=1S/C7H14F3N/c1-3-4-6(5-11-2)7(8,9)10/h6,11H,3-5H2,1-2H3. The Morgan fingerprint density at radius 2 is 1.91 bits per heavy atom. The maximum Gasteiger partial charge on any atom is 0.393 e. The van der Waals surface area contributed by atoms with Crippen molar-refractivity contribution in [3.8, 4) is 0 Å². The van der Waals surface area contributed by atoms with E-state index in [-0.39, 0.29) is 13.0 Å². The second-order valence-electron chi connectivity index (χ2n) is 2.58. The quantitative estimate of drug-likeness (QED) is 0.680. The van der Waals surface area contributed by atoms with E-state index < -0.39 is 12.1 Å². The summed E-state index contributed by atoms with van der Waals surface area (Å²) in [6, 6.07) is 0. The summed E-state index contributed by atoms with van der Waals surface area (Å²) in [5, 5.41) is 2.54. The zero-order valence-electron chi connectivity index (χ0n) is 6.83. The van der Waals surface area contributed by atoms with Gasteiger partial charge >= 0.3 is 6.18 Å². The first kappa shape index (κ1) is 10.8. The molecule has 1 unspecified atom stereocenters. The summed E-state index contributed by atoms with van der Waals surface area (Å²) in [6.07, 6.45) is -3.25. The molecule has 0 aliphatic rings. The molecule has 1 nitrogen and oxygen atoms in total. The zero-order chi connectivity index (χ0) is 8.91. The van der Waals surface area contributed by atoms with Gasteiger partial charge in [0.25, 0.3) is 0 Å². The molecular weight excluding hydrogens is 155 g/mol. The van der Waals surface area contributed by atoms with Crippen LogP contribution in [0.3, 0.4) is 0 Å². The highest BCUT2D eigenvalue weighted by Crippen LogP contribution is 2.28. The summed E-state index contributed by atoms with van der Waals surface area (Å²) in [5.74, 6) is -1.18. The maximum absolute atomic E-state index is 12.1. The Bertz CT molecular complexity index is 94.3. The fourth-order valence-electron chi connectivity index (χ4n) is 0.976. The van der Waals surface area contributed by atoms with Crippen molar-refractivity contribution in [3.05, 3.63) is 0 Å². The Hall–Kier alpha value is -0.250. The van der Waals surface area contributed by atoms with E-state index in [0.29, 0.717) is 6.42 Å². The lowest BCUT2D eigenvalue weighted by molar-refractivity contribution is -0.174. The molecule has 0 aliphatic carbocycles. The molecular formula is C7H14F3N. The summed E-state index contributed by atoms with van der Waals surface area (Å²) in [6.45, 7) is 1.78. The molecule has 0 heterocycles. The molecule has 1 atom stereocenters. The van der Waals surface area contributed by atoms with E-state index in [9.17, 15) is 13.2 Å². The summed E-state index contributed by atoms with van der Waals surface area (Å²) >= 11 is 0. The Morgan fingerprint density at radius 3 is 2.18 bits per heavy atom. The lowest BCUT2D eigenvalue weighted by Gasteiger charge is -2.18. The predicted octanol–water partition coefficient (Wildman–Crippen LogP) is 2.18. The van der Waals surface area contributed by atoms with Crippen molar-refractivity contribution >= 4 is 0 Å². The van der Waals surface area contributed by atoms with Crippen LogP contribution in [0.5, 0.6) is 0 Å². The second kappa shape index (κ2) is 4.59. The van der Waals surface area contributed by atoms with Crippen LogP contribution in [0.15, 0.2) is 0 Å². The van der Waals surface area contributed by atoms with Crippen LogP contribution in [0.25, 0.3) is 0 Å². The van der Waals surface area contributed by atoms with Crippen molar-refractivity contribution in [2.45, 2.75) is 25.9 Å². The third kappa shape index (κ3) is 4.24. The topological polar surface area (TPSA) is 12.0 Å². The average molecular weight is 169 g/mol. The van der Waals surface area contributed by atoms with Gasteiger partial charge in [0.15, 0.2) is 0 Å². The third-order valence-corrected chi connectivity index (χ3v) is 1.55. The van der Waals surface area contributed by atoms with Crippen LogP contribution in [0.2, 0.25) is 0 Å². The van der Waals surface area contributed by atoms with Crippen LogP contribution < -0.4 is 5.32 Å².